The van der Waals surface area contributed by atoms with Crippen molar-refractivity contribution in [3.63, 3.8) is 0 Å². The van der Waals surface area contributed by atoms with E-state index in [2.05, 4.69) is 4.98 Å². The molecule has 32 heavy (non-hydrogen) atoms. The van der Waals surface area contributed by atoms with E-state index in [-0.39, 0.29) is 23.7 Å². The lowest BCUT2D eigenvalue weighted by Crippen LogP contribution is -2.55. The molecule has 4 atom stereocenters. The Balaban J connectivity index is 2.17. The van der Waals surface area contributed by atoms with Crippen molar-refractivity contribution in [2.75, 3.05) is 13.7 Å². The van der Waals surface area contributed by atoms with Crippen LogP contribution in [0.4, 0.5) is 0 Å². The molecule has 0 aromatic carbocycles. The molecule has 2 aromatic rings. The van der Waals surface area contributed by atoms with Crippen LogP contribution in [0.3, 0.4) is 0 Å². The van der Waals surface area contributed by atoms with Crippen molar-refractivity contribution in [2.45, 2.75) is 45.3 Å². The van der Waals surface area contributed by atoms with E-state index in [0.29, 0.717) is 0 Å². The van der Waals surface area contributed by atoms with Gasteiger partial charge < -0.3 is 28.8 Å². The molecule has 0 unspecified atom stereocenters. The van der Waals surface area contributed by atoms with E-state index in [9.17, 15) is 24.3 Å². The zero-order chi connectivity index (χ0) is 23.7. The Hall–Kier alpha value is -3.61. The monoisotopic (exact) mass is 453 g/mol. The van der Waals surface area contributed by atoms with Gasteiger partial charge in [-0.1, -0.05) is 0 Å². The lowest BCUT2D eigenvalue weighted by molar-refractivity contribution is -0.239. The number of ether oxygens (including phenoxy) is 5. The van der Waals surface area contributed by atoms with Crippen molar-refractivity contribution < 1.29 is 43.2 Å². The van der Waals surface area contributed by atoms with Gasteiger partial charge in [0.1, 0.15) is 11.1 Å². The highest BCUT2D eigenvalue weighted by atomic mass is 16.6. The van der Waals surface area contributed by atoms with Crippen LogP contribution < -0.4 is 10.3 Å². The number of nitrogens with zero attached hydrogens (tertiary/aromatic N) is 3. The SMILES string of the molecule is COc1nc2c(c(O)cn2[C@H]2OC[C@H](OC(C)=O)[C@@H](OC(C)=O)[C@H]2OC(C)=O)c(=O)n1C. The van der Waals surface area contributed by atoms with Crippen molar-refractivity contribution in [1.29, 1.82) is 0 Å². The Morgan fingerprint density at radius 2 is 1.69 bits per heavy atom. The standard InChI is InChI=1S/C19H23N3O10/c1-8(23)30-12-7-29-18(15(32-10(3)25)14(12)31-9(2)24)22-6-11(26)13-16(22)20-19(28-5)21(4)17(13)27/h6,12,14-15,18,26H,7H2,1-5H3/t12-,14+,15+,18-/m0/s1. The zero-order valence-electron chi connectivity index (χ0n) is 18.1. The number of esters is 3. The highest BCUT2D eigenvalue weighted by Crippen LogP contribution is 2.35. The number of fused-ring (bicyclic) bond motifs is 1. The molecule has 3 rings (SSSR count). The van der Waals surface area contributed by atoms with Crippen molar-refractivity contribution in [2.24, 2.45) is 7.05 Å². The smallest absolute Gasteiger partial charge is 0.303 e. The minimum absolute atomic E-state index is 0.0166. The van der Waals surface area contributed by atoms with Gasteiger partial charge in [-0.25, -0.2) is 0 Å². The summed E-state index contributed by atoms with van der Waals surface area (Å²) in [6.45, 7) is 3.22. The van der Waals surface area contributed by atoms with Crippen LogP contribution in [-0.2, 0) is 40.4 Å². The molecule has 1 N–H and O–H groups in total. The third-order valence-corrected chi connectivity index (χ3v) is 4.77. The average molecular weight is 453 g/mol. The molecule has 1 aliphatic rings. The van der Waals surface area contributed by atoms with Crippen LogP contribution in [0.5, 0.6) is 11.8 Å². The Morgan fingerprint density at radius 3 is 2.25 bits per heavy atom. The lowest BCUT2D eigenvalue weighted by Gasteiger charge is -2.40. The number of aromatic nitrogens is 3. The van der Waals surface area contributed by atoms with Crippen LogP contribution in [0.15, 0.2) is 11.0 Å². The third-order valence-electron chi connectivity index (χ3n) is 4.77. The van der Waals surface area contributed by atoms with Gasteiger partial charge in [0, 0.05) is 27.8 Å². The van der Waals surface area contributed by atoms with Crippen LogP contribution >= 0.6 is 0 Å². The van der Waals surface area contributed by atoms with E-state index >= 15 is 0 Å². The van der Waals surface area contributed by atoms with Gasteiger partial charge in [0.2, 0.25) is 0 Å². The van der Waals surface area contributed by atoms with Crippen molar-refractivity contribution in [3.8, 4) is 11.8 Å². The second-order valence-electron chi connectivity index (χ2n) is 7.10. The molecule has 0 spiro atoms. The summed E-state index contributed by atoms with van der Waals surface area (Å²) in [7, 11) is 2.74. The summed E-state index contributed by atoms with van der Waals surface area (Å²) in [6.07, 6.45) is -3.62. The molecule has 13 heteroatoms. The van der Waals surface area contributed by atoms with Crippen LogP contribution in [-0.4, -0.2) is 69.2 Å². The van der Waals surface area contributed by atoms with Gasteiger partial charge in [0.25, 0.3) is 5.56 Å². The normalized spacial score (nSPS) is 22.9. The fourth-order valence-electron chi connectivity index (χ4n) is 3.58. The van der Waals surface area contributed by atoms with E-state index in [1.807, 2.05) is 0 Å². The second-order valence-corrected chi connectivity index (χ2v) is 7.10. The van der Waals surface area contributed by atoms with Gasteiger partial charge >= 0.3 is 23.9 Å². The zero-order valence-corrected chi connectivity index (χ0v) is 18.1. The van der Waals surface area contributed by atoms with E-state index < -0.39 is 53.8 Å². The predicted octanol–water partition coefficient (Wildman–Crippen LogP) is -0.227. The summed E-state index contributed by atoms with van der Waals surface area (Å²) in [4.78, 5) is 52.0. The largest absolute Gasteiger partial charge is 0.505 e. The van der Waals surface area contributed by atoms with Gasteiger partial charge in [-0.15, -0.1) is 0 Å². The number of carbonyl (C=O) groups is 3. The third kappa shape index (κ3) is 4.23. The molecular weight excluding hydrogens is 430 g/mol. The molecule has 3 heterocycles. The van der Waals surface area contributed by atoms with Crippen LogP contribution in [0.25, 0.3) is 11.0 Å². The summed E-state index contributed by atoms with van der Waals surface area (Å²) in [5, 5.41) is 10.3. The molecule has 0 saturated carbocycles. The Kier molecular flexibility index (Phi) is 6.39. The average Bonchev–Trinajstić information content (AvgIpc) is 3.02. The highest BCUT2D eigenvalue weighted by molar-refractivity contribution is 5.83. The number of hydrogen-bond donors (Lipinski definition) is 1. The fourth-order valence-corrected chi connectivity index (χ4v) is 3.58. The molecule has 13 nitrogen and oxygen atoms in total. The number of methoxy groups -OCH3 is 1. The van der Waals surface area contributed by atoms with Gasteiger partial charge in [0.15, 0.2) is 30.2 Å². The number of aromatic hydroxyl groups is 1. The first-order valence-electron chi connectivity index (χ1n) is 9.52. The topological polar surface area (TPSA) is 157 Å². The molecule has 1 saturated heterocycles. The van der Waals surface area contributed by atoms with E-state index in [1.54, 1.807) is 0 Å². The van der Waals surface area contributed by atoms with Crippen molar-refractivity contribution in [1.82, 2.24) is 14.1 Å². The van der Waals surface area contributed by atoms with Crippen LogP contribution in [0.2, 0.25) is 0 Å². The molecule has 1 fully saturated rings. The maximum atomic E-state index is 12.7. The minimum Gasteiger partial charge on any atom is -0.505 e. The lowest BCUT2D eigenvalue weighted by atomic mass is 10.0. The minimum atomic E-state index is -1.30. The summed E-state index contributed by atoms with van der Waals surface area (Å²) in [5.74, 6) is -2.49. The second kappa shape index (κ2) is 8.86. The molecular formula is C19H23N3O10. The van der Waals surface area contributed by atoms with Gasteiger partial charge in [-0.2, -0.15) is 4.98 Å². The van der Waals surface area contributed by atoms with E-state index in [4.69, 9.17) is 23.7 Å². The molecule has 174 valence electrons. The molecule has 2 aromatic heterocycles. The van der Waals surface area contributed by atoms with E-state index in [1.165, 1.54) is 31.8 Å². The van der Waals surface area contributed by atoms with Crippen LogP contribution in [0.1, 0.15) is 27.0 Å². The maximum Gasteiger partial charge on any atom is 0.303 e. The number of hydrogen-bond acceptors (Lipinski definition) is 11. The van der Waals surface area contributed by atoms with E-state index in [0.717, 1.165) is 18.4 Å². The molecule has 0 bridgehead atoms. The molecule has 0 amide bonds. The Morgan fingerprint density at radius 1 is 1.09 bits per heavy atom. The van der Waals surface area contributed by atoms with Gasteiger partial charge in [-0.05, 0) is 0 Å². The summed E-state index contributed by atoms with van der Waals surface area (Å²) in [5.41, 5.74) is -0.602. The van der Waals surface area contributed by atoms with Crippen LogP contribution in [0, 0.1) is 0 Å². The first-order chi connectivity index (χ1) is 15.0. The van der Waals surface area contributed by atoms with Gasteiger partial charge in [0.05, 0.1) is 19.9 Å². The first kappa shape index (κ1) is 23.1. The molecule has 0 radical (unpaired) electrons. The summed E-state index contributed by atoms with van der Waals surface area (Å²) < 4.78 is 29.1. The van der Waals surface area contributed by atoms with Gasteiger partial charge in [-0.3, -0.25) is 28.3 Å². The summed E-state index contributed by atoms with van der Waals surface area (Å²) >= 11 is 0. The fraction of sp³-hybridized carbons (Fsp3) is 0.526. The molecule has 0 aliphatic carbocycles. The van der Waals surface area contributed by atoms with Crippen molar-refractivity contribution >= 4 is 28.9 Å². The highest BCUT2D eigenvalue weighted by Gasteiger charge is 2.48. The number of rotatable bonds is 5. The van der Waals surface area contributed by atoms with Crippen molar-refractivity contribution in [3.05, 3.63) is 16.6 Å². The quantitative estimate of drug-likeness (QED) is 0.471. The summed E-state index contributed by atoms with van der Waals surface area (Å²) in [6, 6.07) is -0.0454. The number of carbonyl (C=O) groups excluding carboxylic acids is 3. The Bertz CT molecular complexity index is 1120. The maximum absolute atomic E-state index is 12.7. The first-order valence-corrected chi connectivity index (χ1v) is 9.52. The predicted molar refractivity (Wildman–Crippen MR) is 105 cm³/mol. The Labute approximate surface area is 181 Å². The molecule has 1 aliphatic heterocycles.